The summed E-state index contributed by atoms with van der Waals surface area (Å²) in [5.41, 5.74) is 0. The molecule has 0 saturated carbocycles. The van der Waals surface area contributed by atoms with Crippen molar-refractivity contribution in [3.05, 3.63) is 52.6 Å². The number of halogens is 5. The first-order valence-corrected chi connectivity index (χ1v) is 5.28. The minimum absolute atomic E-state index is 0.109. The number of benzene rings is 2. The van der Waals surface area contributed by atoms with Crippen LogP contribution in [0.3, 0.4) is 0 Å². The average molecular weight is 293 g/mol. The second-order valence-corrected chi connectivity index (χ2v) is 3.87. The van der Waals surface area contributed by atoms with Crippen LogP contribution in [0.5, 0.6) is 17.2 Å². The average Bonchev–Trinajstić information content (AvgIpc) is 2.41. The van der Waals surface area contributed by atoms with Crippen LogP contribution >= 0.6 is 11.6 Å². The largest absolute Gasteiger partial charge is 0.508 e. The maximum absolute atomic E-state index is 13.4. The summed E-state index contributed by atoms with van der Waals surface area (Å²) >= 11 is 5.07. The third-order valence-electron chi connectivity index (χ3n) is 2.23. The smallest absolute Gasteiger partial charge is 0.206 e. The normalized spacial score (nSPS) is 10.6. The second kappa shape index (κ2) is 4.97. The Hall–Kier alpha value is -1.95. The Labute approximate surface area is 109 Å². The zero-order valence-corrected chi connectivity index (χ0v) is 9.81. The maximum atomic E-state index is 13.4. The van der Waals surface area contributed by atoms with E-state index < -0.39 is 34.0 Å². The first kappa shape index (κ1) is 13.5. The van der Waals surface area contributed by atoms with Gasteiger partial charge in [0.25, 0.3) is 0 Å². The molecule has 2 aromatic rings. The third-order valence-corrected chi connectivity index (χ3v) is 2.56. The zero-order chi connectivity index (χ0) is 14.2. The lowest BCUT2D eigenvalue weighted by Gasteiger charge is -2.10. The van der Waals surface area contributed by atoms with E-state index in [9.17, 15) is 17.6 Å². The van der Waals surface area contributed by atoms with Crippen LogP contribution in [0.4, 0.5) is 17.6 Å². The highest BCUT2D eigenvalue weighted by Crippen LogP contribution is 2.35. The molecule has 0 heterocycles. The number of rotatable bonds is 2. The molecule has 0 radical (unpaired) electrons. The van der Waals surface area contributed by atoms with Crippen molar-refractivity contribution in [2.24, 2.45) is 0 Å². The van der Waals surface area contributed by atoms with E-state index in [1.165, 1.54) is 24.3 Å². The third kappa shape index (κ3) is 2.44. The summed E-state index contributed by atoms with van der Waals surface area (Å²) in [5, 5.41) is 7.73. The highest BCUT2D eigenvalue weighted by Gasteiger charge is 2.26. The van der Waals surface area contributed by atoms with E-state index in [4.69, 9.17) is 21.4 Å². The summed E-state index contributed by atoms with van der Waals surface area (Å²) in [6.45, 7) is 0. The van der Waals surface area contributed by atoms with Gasteiger partial charge in [-0.1, -0.05) is 11.6 Å². The fourth-order valence-corrected chi connectivity index (χ4v) is 1.47. The lowest BCUT2D eigenvalue weighted by Crippen LogP contribution is -2.01. The van der Waals surface area contributed by atoms with Gasteiger partial charge in [0, 0.05) is 0 Å². The monoisotopic (exact) mass is 292 g/mol. The standard InChI is InChI=1S/C12H5ClF4O2/c13-7-8(14)10(16)12(11(17)9(7)15)19-6-3-1-5(18)2-4-6/h1-4,18H. The summed E-state index contributed by atoms with van der Waals surface area (Å²) in [5.74, 6) is -8.43. The Bertz CT molecular complexity index is 600. The lowest BCUT2D eigenvalue weighted by atomic mass is 10.2. The highest BCUT2D eigenvalue weighted by molar-refractivity contribution is 6.30. The van der Waals surface area contributed by atoms with Crippen LogP contribution in [-0.2, 0) is 0 Å². The molecule has 0 saturated heterocycles. The van der Waals surface area contributed by atoms with Gasteiger partial charge >= 0.3 is 0 Å². The van der Waals surface area contributed by atoms with E-state index in [0.717, 1.165) is 0 Å². The molecule has 2 nitrogen and oxygen atoms in total. The molecule has 1 N–H and O–H groups in total. The van der Waals surface area contributed by atoms with E-state index >= 15 is 0 Å². The Kier molecular flexibility index (Phi) is 3.53. The number of phenolic OH excluding ortho intramolecular Hbond substituents is 1. The molecule has 0 fully saturated rings. The Morgan fingerprint density at radius 3 is 1.79 bits per heavy atom. The molecular formula is C12H5ClF4O2. The van der Waals surface area contributed by atoms with Crippen LogP contribution in [0.25, 0.3) is 0 Å². The molecule has 0 unspecified atom stereocenters. The lowest BCUT2D eigenvalue weighted by molar-refractivity contribution is 0.365. The van der Waals surface area contributed by atoms with E-state index in [0.29, 0.717) is 0 Å². The van der Waals surface area contributed by atoms with Gasteiger partial charge in [0.15, 0.2) is 11.6 Å². The van der Waals surface area contributed by atoms with Crippen molar-refractivity contribution in [1.82, 2.24) is 0 Å². The molecular weight excluding hydrogens is 288 g/mol. The predicted molar refractivity (Wildman–Crippen MR) is 59.5 cm³/mol. The van der Waals surface area contributed by atoms with Gasteiger partial charge < -0.3 is 9.84 Å². The number of ether oxygens (including phenoxy) is 1. The van der Waals surface area contributed by atoms with E-state index in [1.54, 1.807) is 0 Å². The van der Waals surface area contributed by atoms with E-state index in [1.807, 2.05) is 0 Å². The first-order valence-electron chi connectivity index (χ1n) is 4.90. The topological polar surface area (TPSA) is 29.5 Å². The summed E-state index contributed by atoms with van der Waals surface area (Å²) in [6, 6.07) is 4.68. The molecule has 19 heavy (non-hydrogen) atoms. The van der Waals surface area contributed by atoms with E-state index in [2.05, 4.69) is 0 Å². The van der Waals surface area contributed by atoms with Gasteiger partial charge in [-0.2, -0.15) is 8.78 Å². The highest BCUT2D eigenvalue weighted by atomic mass is 35.5. The zero-order valence-electron chi connectivity index (χ0n) is 9.05. The molecule has 0 aromatic heterocycles. The predicted octanol–water partition coefficient (Wildman–Crippen LogP) is 4.39. The molecule has 100 valence electrons. The Balaban J connectivity index is 2.48. The summed E-state index contributed by atoms with van der Waals surface area (Å²) in [4.78, 5) is 0. The van der Waals surface area contributed by atoms with Gasteiger partial charge in [-0.25, -0.2) is 8.78 Å². The quantitative estimate of drug-likeness (QED) is 0.505. The van der Waals surface area contributed by atoms with E-state index in [-0.39, 0.29) is 11.5 Å². The van der Waals surface area contributed by atoms with Crippen LogP contribution in [-0.4, -0.2) is 5.11 Å². The molecule has 7 heteroatoms. The van der Waals surface area contributed by atoms with Crippen LogP contribution in [0.2, 0.25) is 5.02 Å². The van der Waals surface area contributed by atoms with Crippen molar-refractivity contribution in [2.75, 3.05) is 0 Å². The molecule has 0 aliphatic rings. The molecule has 0 spiro atoms. The summed E-state index contributed by atoms with van der Waals surface area (Å²) in [6.07, 6.45) is 0. The van der Waals surface area contributed by atoms with Crippen LogP contribution in [0, 0.1) is 23.3 Å². The Morgan fingerprint density at radius 1 is 0.842 bits per heavy atom. The van der Waals surface area contributed by atoms with Crippen molar-refractivity contribution in [2.45, 2.75) is 0 Å². The van der Waals surface area contributed by atoms with Crippen LogP contribution < -0.4 is 4.74 Å². The molecule has 0 aliphatic heterocycles. The number of aromatic hydroxyl groups is 1. The van der Waals surface area contributed by atoms with Gasteiger partial charge in [-0.15, -0.1) is 0 Å². The maximum Gasteiger partial charge on any atom is 0.206 e. The molecule has 0 aliphatic carbocycles. The molecule has 2 rings (SSSR count). The molecule has 2 aromatic carbocycles. The van der Waals surface area contributed by atoms with Crippen LogP contribution in [0.1, 0.15) is 0 Å². The van der Waals surface area contributed by atoms with Crippen molar-refractivity contribution in [3.63, 3.8) is 0 Å². The molecule has 0 bridgehead atoms. The van der Waals surface area contributed by atoms with Crippen molar-refractivity contribution in [1.29, 1.82) is 0 Å². The van der Waals surface area contributed by atoms with Gasteiger partial charge in [0.05, 0.1) is 0 Å². The van der Waals surface area contributed by atoms with Gasteiger partial charge in [0.1, 0.15) is 16.5 Å². The fourth-order valence-electron chi connectivity index (χ4n) is 1.31. The SMILES string of the molecule is Oc1ccc(Oc2c(F)c(F)c(Cl)c(F)c2F)cc1. The van der Waals surface area contributed by atoms with Gasteiger partial charge in [-0.05, 0) is 24.3 Å². The van der Waals surface area contributed by atoms with Crippen molar-refractivity contribution >= 4 is 11.6 Å². The minimum atomic E-state index is -1.74. The Morgan fingerprint density at radius 2 is 1.32 bits per heavy atom. The first-order chi connectivity index (χ1) is 8.91. The fraction of sp³-hybridized carbons (Fsp3) is 0. The second-order valence-electron chi connectivity index (χ2n) is 3.49. The number of phenols is 1. The number of hydrogen-bond acceptors (Lipinski definition) is 2. The van der Waals surface area contributed by atoms with Gasteiger partial charge in [0.2, 0.25) is 17.4 Å². The van der Waals surface area contributed by atoms with Gasteiger partial charge in [-0.3, -0.25) is 0 Å². The molecule has 0 amide bonds. The summed E-state index contributed by atoms with van der Waals surface area (Å²) < 4.78 is 57.9. The van der Waals surface area contributed by atoms with Crippen molar-refractivity contribution in [3.8, 4) is 17.2 Å². The van der Waals surface area contributed by atoms with Crippen molar-refractivity contribution < 1.29 is 27.4 Å². The molecule has 0 atom stereocenters. The summed E-state index contributed by atoms with van der Waals surface area (Å²) in [7, 11) is 0. The number of hydrogen-bond donors (Lipinski definition) is 1. The van der Waals surface area contributed by atoms with Crippen LogP contribution in [0.15, 0.2) is 24.3 Å². The minimum Gasteiger partial charge on any atom is -0.508 e.